The van der Waals surface area contributed by atoms with Gasteiger partial charge in [0.05, 0.1) is 5.69 Å². The molecule has 0 spiro atoms. The molecule has 2 aromatic rings. The number of hydrogen-bond acceptors (Lipinski definition) is 2. The summed E-state index contributed by atoms with van der Waals surface area (Å²) in [6.45, 7) is 0. The molecule has 2 heterocycles. The molecule has 3 rings (SSSR count). The van der Waals surface area contributed by atoms with Crippen LogP contribution >= 0.6 is 0 Å². The van der Waals surface area contributed by atoms with Gasteiger partial charge in [0, 0.05) is 24.2 Å². The maximum Gasteiger partial charge on any atom is 0.272 e. The van der Waals surface area contributed by atoms with E-state index in [1.54, 1.807) is 12.3 Å². The van der Waals surface area contributed by atoms with Gasteiger partial charge in [-0.3, -0.25) is 9.89 Å². The molecule has 1 saturated carbocycles. The summed E-state index contributed by atoms with van der Waals surface area (Å²) in [4.78, 5) is 15.9. The standard InChI is InChI=1S/C9H9N3O/c13-9-5-7(6-1-2-6)11-8-3-4-10-12(8)9/h3-6,10H,1-2H2. The second-order valence-corrected chi connectivity index (χ2v) is 3.45. The fourth-order valence-electron chi connectivity index (χ4n) is 1.53. The van der Waals surface area contributed by atoms with E-state index in [1.165, 1.54) is 17.4 Å². The molecule has 4 heteroatoms. The summed E-state index contributed by atoms with van der Waals surface area (Å²) >= 11 is 0. The topological polar surface area (TPSA) is 50.2 Å². The van der Waals surface area contributed by atoms with Crippen LogP contribution in [0.25, 0.3) is 5.65 Å². The van der Waals surface area contributed by atoms with Crippen LogP contribution in [0, 0.1) is 0 Å². The Morgan fingerprint density at radius 2 is 2.38 bits per heavy atom. The third kappa shape index (κ3) is 0.983. The number of fused-ring (bicyclic) bond motifs is 1. The lowest BCUT2D eigenvalue weighted by atomic mass is 10.3. The zero-order valence-corrected chi connectivity index (χ0v) is 7.03. The first-order valence-corrected chi connectivity index (χ1v) is 4.42. The van der Waals surface area contributed by atoms with Crippen molar-refractivity contribution in [3.8, 4) is 0 Å². The van der Waals surface area contributed by atoms with Gasteiger partial charge in [0.15, 0.2) is 5.65 Å². The number of aromatic nitrogens is 3. The summed E-state index contributed by atoms with van der Waals surface area (Å²) in [6.07, 6.45) is 4.07. The fourth-order valence-corrected chi connectivity index (χ4v) is 1.53. The molecule has 2 aromatic heterocycles. The van der Waals surface area contributed by atoms with Crippen molar-refractivity contribution in [1.82, 2.24) is 14.6 Å². The van der Waals surface area contributed by atoms with E-state index < -0.39 is 0 Å². The quantitative estimate of drug-likeness (QED) is 0.700. The predicted octanol–water partition coefficient (Wildman–Crippen LogP) is 0.900. The van der Waals surface area contributed by atoms with Crippen molar-refractivity contribution in [1.29, 1.82) is 0 Å². The van der Waals surface area contributed by atoms with E-state index >= 15 is 0 Å². The highest BCUT2D eigenvalue weighted by molar-refractivity contribution is 5.37. The van der Waals surface area contributed by atoms with Crippen LogP contribution in [0.5, 0.6) is 0 Å². The summed E-state index contributed by atoms with van der Waals surface area (Å²) in [5, 5.41) is 2.82. The molecule has 0 aromatic carbocycles. The third-order valence-corrected chi connectivity index (χ3v) is 2.40. The lowest BCUT2D eigenvalue weighted by molar-refractivity contribution is 0.873. The molecule has 1 aliphatic carbocycles. The van der Waals surface area contributed by atoms with E-state index in [0.717, 1.165) is 11.3 Å². The SMILES string of the molecule is O=c1cc(C2CC2)nc2cc[nH]n12. The van der Waals surface area contributed by atoms with Crippen molar-refractivity contribution < 1.29 is 0 Å². The number of hydrogen-bond donors (Lipinski definition) is 1. The Morgan fingerprint density at radius 3 is 3.15 bits per heavy atom. The molecule has 0 aliphatic heterocycles. The fraction of sp³-hybridized carbons (Fsp3) is 0.333. The maximum atomic E-state index is 11.5. The van der Waals surface area contributed by atoms with Crippen LogP contribution in [0.2, 0.25) is 0 Å². The predicted molar refractivity (Wildman–Crippen MR) is 47.8 cm³/mol. The summed E-state index contributed by atoms with van der Waals surface area (Å²) in [6, 6.07) is 3.44. The number of nitrogens with one attached hydrogen (secondary N) is 1. The van der Waals surface area contributed by atoms with E-state index in [4.69, 9.17) is 0 Å². The highest BCUT2D eigenvalue weighted by Gasteiger charge is 2.25. The maximum absolute atomic E-state index is 11.5. The lowest BCUT2D eigenvalue weighted by Gasteiger charge is -1.96. The van der Waals surface area contributed by atoms with Gasteiger partial charge >= 0.3 is 0 Å². The third-order valence-electron chi connectivity index (χ3n) is 2.40. The lowest BCUT2D eigenvalue weighted by Crippen LogP contribution is -2.14. The molecular formula is C9H9N3O. The summed E-state index contributed by atoms with van der Waals surface area (Å²) in [7, 11) is 0. The van der Waals surface area contributed by atoms with Crippen molar-refractivity contribution in [3.63, 3.8) is 0 Å². The van der Waals surface area contributed by atoms with E-state index in [2.05, 4.69) is 10.1 Å². The Bertz CT molecular complexity index is 507. The van der Waals surface area contributed by atoms with Crippen molar-refractivity contribution in [2.75, 3.05) is 0 Å². The summed E-state index contributed by atoms with van der Waals surface area (Å²) in [5.74, 6) is 0.535. The molecule has 1 fully saturated rings. The largest absolute Gasteiger partial charge is 0.297 e. The minimum atomic E-state index is -0.0168. The number of H-pyrrole nitrogens is 1. The Labute approximate surface area is 74.2 Å². The molecule has 0 bridgehead atoms. The zero-order valence-electron chi connectivity index (χ0n) is 7.03. The van der Waals surface area contributed by atoms with Gasteiger partial charge in [0.25, 0.3) is 5.56 Å². The highest BCUT2D eigenvalue weighted by atomic mass is 16.1. The Balaban J connectivity index is 2.33. The molecule has 1 N–H and O–H groups in total. The molecule has 1 aliphatic rings. The van der Waals surface area contributed by atoms with Crippen LogP contribution < -0.4 is 5.56 Å². The first kappa shape index (κ1) is 6.88. The second kappa shape index (κ2) is 2.22. The van der Waals surface area contributed by atoms with Crippen LogP contribution in [0.15, 0.2) is 23.1 Å². The molecule has 0 radical (unpaired) electrons. The average Bonchev–Trinajstić information content (AvgIpc) is 2.85. The number of rotatable bonds is 1. The van der Waals surface area contributed by atoms with E-state index in [1.807, 2.05) is 6.07 Å². The highest BCUT2D eigenvalue weighted by Crippen LogP contribution is 2.38. The summed E-state index contributed by atoms with van der Waals surface area (Å²) in [5.41, 5.74) is 1.65. The van der Waals surface area contributed by atoms with E-state index in [-0.39, 0.29) is 5.56 Å². The molecule has 13 heavy (non-hydrogen) atoms. The van der Waals surface area contributed by atoms with Gasteiger partial charge in [0.2, 0.25) is 0 Å². The second-order valence-electron chi connectivity index (χ2n) is 3.45. The van der Waals surface area contributed by atoms with Crippen molar-refractivity contribution in [2.24, 2.45) is 0 Å². The van der Waals surface area contributed by atoms with E-state index in [0.29, 0.717) is 5.92 Å². The minimum absolute atomic E-state index is 0.0168. The van der Waals surface area contributed by atoms with Gasteiger partial charge in [0.1, 0.15) is 0 Å². The first-order chi connectivity index (χ1) is 6.34. The molecule has 66 valence electrons. The van der Waals surface area contributed by atoms with Gasteiger partial charge < -0.3 is 0 Å². The Kier molecular flexibility index (Phi) is 1.17. The molecular weight excluding hydrogens is 166 g/mol. The van der Waals surface area contributed by atoms with Crippen LogP contribution in [0.4, 0.5) is 0 Å². The Hall–Kier alpha value is -1.58. The van der Waals surface area contributed by atoms with Gasteiger partial charge in [-0.25, -0.2) is 9.50 Å². The van der Waals surface area contributed by atoms with Gasteiger partial charge in [-0.2, -0.15) is 0 Å². The van der Waals surface area contributed by atoms with Crippen LogP contribution in [-0.4, -0.2) is 14.6 Å². The molecule has 0 amide bonds. The number of nitrogens with zero attached hydrogens (tertiary/aromatic N) is 2. The van der Waals surface area contributed by atoms with Gasteiger partial charge in [-0.15, -0.1) is 0 Å². The number of aromatic amines is 1. The minimum Gasteiger partial charge on any atom is -0.297 e. The van der Waals surface area contributed by atoms with Crippen LogP contribution in [0.3, 0.4) is 0 Å². The average molecular weight is 175 g/mol. The smallest absolute Gasteiger partial charge is 0.272 e. The first-order valence-electron chi connectivity index (χ1n) is 4.42. The Morgan fingerprint density at radius 1 is 1.54 bits per heavy atom. The monoisotopic (exact) mass is 175 g/mol. The zero-order chi connectivity index (χ0) is 8.84. The molecule has 4 nitrogen and oxygen atoms in total. The van der Waals surface area contributed by atoms with Crippen molar-refractivity contribution in [2.45, 2.75) is 18.8 Å². The molecule has 0 atom stereocenters. The van der Waals surface area contributed by atoms with Gasteiger partial charge in [-0.1, -0.05) is 0 Å². The van der Waals surface area contributed by atoms with Crippen molar-refractivity contribution in [3.05, 3.63) is 34.4 Å². The van der Waals surface area contributed by atoms with Gasteiger partial charge in [-0.05, 0) is 12.8 Å². The summed E-state index contributed by atoms with van der Waals surface area (Å²) < 4.78 is 1.45. The van der Waals surface area contributed by atoms with E-state index in [9.17, 15) is 4.79 Å². The normalized spacial score (nSPS) is 16.6. The van der Waals surface area contributed by atoms with Crippen LogP contribution in [0.1, 0.15) is 24.5 Å². The van der Waals surface area contributed by atoms with Crippen LogP contribution in [-0.2, 0) is 0 Å². The van der Waals surface area contributed by atoms with Crippen molar-refractivity contribution >= 4 is 5.65 Å². The molecule has 0 saturated heterocycles. The molecule has 0 unspecified atom stereocenters.